The van der Waals surface area contributed by atoms with Gasteiger partial charge in [-0.25, -0.2) is 0 Å². The van der Waals surface area contributed by atoms with Gasteiger partial charge in [0, 0.05) is 58.8 Å². The Kier molecular flexibility index (Phi) is 31.5. The molecule has 14 nitrogen and oxygen atoms in total. The Morgan fingerprint density at radius 2 is 0.981 bits per heavy atom. The van der Waals surface area contributed by atoms with Crippen LogP contribution < -0.4 is 31.9 Å². The quantitative estimate of drug-likeness (QED) is 0.0355. The van der Waals surface area contributed by atoms with E-state index in [0.29, 0.717) is 114 Å². The van der Waals surface area contributed by atoms with Gasteiger partial charge in [-0.15, -0.1) is 0 Å². The minimum absolute atomic E-state index is 0.00118. The van der Waals surface area contributed by atoms with Crippen molar-refractivity contribution in [1.82, 2.24) is 31.9 Å². The molecular weight excluding hydrogens is 729 g/mol. The first-order valence-electron chi connectivity index (χ1n) is 18.6. The summed E-state index contributed by atoms with van der Waals surface area (Å²) in [4.78, 5) is 87.8. The number of methoxy groups -OCH3 is 1. The van der Waals surface area contributed by atoms with Crippen LogP contribution >= 0.6 is 37.9 Å². The number of Topliss-reactive ketones (excluding diaryl/α,β-unsaturated/α-hetero) is 1. The number of amides is 6. The number of hydrogen-bond donors (Lipinski definition) is 9. The molecule has 52 heavy (non-hydrogen) atoms. The van der Waals surface area contributed by atoms with Crippen LogP contribution in [-0.4, -0.2) is 110 Å². The molecule has 6 N–H and O–H groups in total. The monoisotopic (exact) mass is 792 g/mol. The lowest BCUT2D eigenvalue weighted by atomic mass is 9.99. The number of rotatable bonds is 33. The van der Waals surface area contributed by atoms with Crippen LogP contribution in [0.5, 0.6) is 0 Å². The van der Waals surface area contributed by atoms with Crippen LogP contribution in [0.1, 0.15) is 110 Å². The van der Waals surface area contributed by atoms with Gasteiger partial charge < -0.3 is 36.6 Å². The summed E-state index contributed by atoms with van der Waals surface area (Å²) in [7, 11) is 1.51. The zero-order valence-electron chi connectivity index (χ0n) is 31.1. The zero-order valence-corrected chi connectivity index (χ0v) is 33.8. The number of nitrogens with one attached hydrogen (secondary N) is 6. The molecule has 300 valence electrons. The topological polar surface area (TPSA) is 201 Å². The maximum absolute atomic E-state index is 13.4. The largest absolute Gasteiger partial charge is 0.383 e. The molecule has 0 heterocycles. The van der Waals surface area contributed by atoms with Crippen molar-refractivity contribution in [2.24, 2.45) is 0 Å². The van der Waals surface area contributed by atoms with E-state index in [4.69, 9.17) is 4.74 Å². The average molecular weight is 793 g/mol. The molecule has 0 saturated carbocycles. The maximum Gasteiger partial charge on any atom is 0.243 e. The van der Waals surface area contributed by atoms with E-state index in [9.17, 15) is 33.6 Å². The zero-order chi connectivity index (χ0) is 39.0. The van der Waals surface area contributed by atoms with Crippen LogP contribution in [0, 0.1) is 0 Å². The number of carbonyl (C=O) groups is 7. The Bertz CT molecular complexity index is 1070. The van der Waals surface area contributed by atoms with Gasteiger partial charge in [-0.05, 0) is 75.0 Å². The molecule has 0 aromatic heterocycles. The normalized spacial score (nSPS) is 12.6. The molecule has 0 radical (unpaired) electrons. The van der Waals surface area contributed by atoms with Gasteiger partial charge in [-0.1, -0.05) is 19.8 Å². The van der Waals surface area contributed by atoms with Crippen molar-refractivity contribution in [2.75, 3.05) is 50.6 Å². The van der Waals surface area contributed by atoms with Gasteiger partial charge in [-0.3, -0.25) is 33.6 Å². The minimum Gasteiger partial charge on any atom is -0.383 e. The number of unbranched alkanes of at least 4 members (excludes halogenated alkanes) is 4. The van der Waals surface area contributed by atoms with E-state index in [1.165, 1.54) is 7.11 Å². The highest BCUT2D eigenvalue weighted by Crippen LogP contribution is 2.12. The van der Waals surface area contributed by atoms with E-state index in [-0.39, 0.29) is 61.1 Å². The third kappa shape index (κ3) is 26.3. The second kappa shape index (κ2) is 33.1. The van der Waals surface area contributed by atoms with E-state index < -0.39 is 24.0 Å². The van der Waals surface area contributed by atoms with Crippen LogP contribution in [0.25, 0.3) is 0 Å². The summed E-state index contributed by atoms with van der Waals surface area (Å²) in [6.45, 7) is 3.43. The highest BCUT2D eigenvalue weighted by atomic mass is 32.1. The fourth-order valence-corrected chi connectivity index (χ4v) is 5.78. The number of ketones is 1. The third-order valence-electron chi connectivity index (χ3n) is 8.01. The second-order valence-corrected chi connectivity index (χ2v) is 13.9. The Morgan fingerprint density at radius 3 is 1.52 bits per heavy atom. The van der Waals surface area contributed by atoms with Crippen molar-refractivity contribution in [3.05, 3.63) is 0 Å². The van der Waals surface area contributed by atoms with E-state index >= 15 is 0 Å². The van der Waals surface area contributed by atoms with Gasteiger partial charge in [0.1, 0.15) is 12.1 Å². The lowest BCUT2D eigenvalue weighted by Gasteiger charge is -2.23. The summed E-state index contributed by atoms with van der Waals surface area (Å²) >= 11 is 12.3. The predicted octanol–water partition coefficient (Wildman–Crippen LogP) is 2.06. The molecule has 0 aromatic carbocycles. The highest BCUT2D eigenvalue weighted by Gasteiger charge is 2.26. The van der Waals surface area contributed by atoms with Gasteiger partial charge in [0.2, 0.25) is 35.4 Å². The fourth-order valence-electron chi connectivity index (χ4n) is 5.17. The molecule has 0 aliphatic heterocycles. The summed E-state index contributed by atoms with van der Waals surface area (Å²) in [6, 6.07) is -2.39. The number of thiol groups is 3. The molecule has 0 aliphatic rings. The average Bonchev–Trinajstić information content (AvgIpc) is 3.10. The lowest BCUT2D eigenvalue weighted by molar-refractivity contribution is -0.132. The van der Waals surface area contributed by atoms with Gasteiger partial charge in [-0.2, -0.15) is 37.9 Å². The SMILES string of the molecule is CCCC(=O)NCCCCC(NC(=O)CCS)C(=O)CCCCCC(NC(=O)C(CCCCNC(=O)CCS)NC(=O)CCS)C(=O)NCCOC. The van der Waals surface area contributed by atoms with Crippen LogP contribution in [0.2, 0.25) is 0 Å². The second-order valence-electron chi connectivity index (χ2n) is 12.5. The van der Waals surface area contributed by atoms with Crippen molar-refractivity contribution in [1.29, 1.82) is 0 Å². The summed E-state index contributed by atoms with van der Waals surface area (Å²) < 4.78 is 5.03. The van der Waals surface area contributed by atoms with Crippen molar-refractivity contribution in [3.8, 4) is 0 Å². The van der Waals surface area contributed by atoms with Crippen LogP contribution in [0.15, 0.2) is 0 Å². The molecule has 0 spiro atoms. The number of ether oxygens (including phenoxy) is 1. The number of hydrogen-bond acceptors (Lipinski definition) is 11. The number of carbonyl (C=O) groups excluding carboxylic acids is 7. The van der Waals surface area contributed by atoms with Gasteiger partial charge in [0.15, 0.2) is 5.78 Å². The summed E-state index contributed by atoms with van der Waals surface area (Å²) in [5, 5.41) is 16.8. The Labute approximate surface area is 326 Å². The first-order valence-corrected chi connectivity index (χ1v) is 20.5. The highest BCUT2D eigenvalue weighted by molar-refractivity contribution is 7.80. The summed E-state index contributed by atoms with van der Waals surface area (Å²) in [5.74, 6) is -0.491. The van der Waals surface area contributed by atoms with E-state index in [1.54, 1.807) is 0 Å². The van der Waals surface area contributed by atoms with Gasteiger partial charge >= 0.3 is 0 Å². The standard InChI is InChI=1S/C35H64N6O8S3/c1-3-11-30(43)36-19-9-7-12-26(39-32(45)17-24-51)29(42)15-6-4-5-13-27(34(47)38-21-22-49-2)41-35(48)28(40-33(46)18-25-52)14-8-10-20-37-31(44)16-23-50/h26-28,50-52H,3-25H2,1-2H3,(H,36,43)(H,37,44)(H,38,47)(H,39,45)(H,40,46)(H,41,48). The smallest absolute Gasteiger partial charge is 0.243 e. The van der Waals surface area contributed by atoms with E-state index in [2.05, 4.69) is 69.8 Å². The predicted molar refractivity (Wildman–Crippen MR) is 213 cm³/mol. The van der Waals surface area contributed by atoms with Crippen molar-refractivity contribution in [2.45, 2.75) is 128 Å². The van der Waals surface area contributed by atoms with Crippen LogP contribution in [0.4, 0.5) is 0 Å². The van der Waals surface area contributed by atoms with Gasteiger partial charge in [0.25, 0.3) is 0 Å². The summed E-state index contributed by atoms with van der Waals surface area (Å²) in [5.41, 5.74) is 0. The maximum atomic E-state index is 13.4. The van der Waals surface area contributed by atoms with E-state index in [0.717, 1.165) is 6.42 Å². The molecular formula is C35H64N6O8S3. The lowest BCUT2D eigenvalue weighted by Crippen LogP contribution is -2.54. The molecule has 0 bridgehead atoms. The molecule has 3 unspecified atom stereocenters. The van der Waals surface area contributed by atoms with Crippen molar-refractivity contribution >= 4 is 79.1 Å². The first-order chi connectivity index (χ1) is 25.0. The van der Waals surface area contributed by atoms with Crippen molar-refractivity contribution < 1.29 is 38.3 Å². The van der Waals surface area contributed by atoms with Gasteiger partial charge in [0.05, 0.1) is 12.6 Å². The molecule has 0 saturated heterocycles. The molecule has 3 atom stereocenters. The molecule has 0 aromatic rings. The van der Waals surface area contributed by atoms with Crippen LogP contribution in [-0.2, 0) is 38.3 Å². The summed E-state index contributed by atoms with van der Waals surface area (Å²) in [6.07, 6.45) is 7.38. The van der Waals surface area contributed by atoms with Crippen LogP contribution in [0.3, 0.4) is 0 Å². The Hall–Kier alpha value is -2.50. The van der Waals surface area contributed by atoms with E-state index in [1.807, 2.05) is 6.92 Å². The molecule has 0 rings (SSSR count). The first kappa shape index (κ1) is 49.5. The molecule has 6 amide bonds. The molecule has 0 aliphatic carbocycles. The Morgan fingerprint density at radius 1 is 0.500 bits per heavy atom. The molecule has 0 fully saturated rings. The fraction of sp³-hybridized carbons (Fsp3) is 0.800. The minimum atomic E-state index is -0.880. The molecule has 17 heteroatoms. The van der Waals surface area contributed by atoms with Crippen molar-refractivity contribution in [3.63, 3.8) is 0 Å². The third-order valence-corrected chi connectivity index (χ3v) is 8.68. The Balaban J connectivity index is 5.27.